The van der Waals surface area contributed by atoms with Gasteiger partial charge in [-0.25, -0.2) is 9.97 Å². The number of hydrogen-bond donors (Lipinski definition) is 1. The number of carbonyl (C=O) groups is 1. The molecule has 9 nitrogen and oxygen atoms in total. The first-order valence-corrected chi connectivity index (χ1v) is 15.2. The van der Waals surface area contributed by atoms with E-state index in [1.807, 2.05) is 36.1 Å². The number of pyridine rings is 3. The summed E-state index contributed by atoms with van der Waals surface area (Å²) in [6.45, 7) is 7.13. The van der Waals surface area contributed by atoms with Gasteiger partial charge in [0.25, 0.3) is 5.91 Å². The minimum Gasteiger partial charge on any atom is -0.494 e. The molecular formula is C32H37F3N6O3. The second-order valence-corrected chi connectivity index (χ2v) is 11.7. The Labute approximate surface area is 254 Å². The van der Waals surface area contributed by atoms with Crippen LogP contribution in [-0.4, -0.2) is 78.2 Å². The lowest BCUT2D eigenvalue weighted by Gasteiger charge is -2.54. The SMILES string of the molecule is CCOc1ncccc1-c1ccc2c(n1)C(=O)N(C1CCNC1)CC21CCN(c2cncc(OC)c2C(F)(F)F)CC1CC. The minimum absolute atomic E-state index is 0.0163. The molecule has 1 amide bonds. The third-order valence-corrected chi connectivity index (χ3v) is 9.43. The topological polar surface area (TPSA) is 92.7 Å². The molecule has 0 saturated carbocycles. The Morgan fingerprint density at radius 2 is 2.02 bits per heavy atom. The number of ether oxygens (including phenoxy) is 2. The summed E-state index contributed by atoms with van der Waals surface area (Å²) >= 11 is 0. The van der Waals surface area contributed by atoms with Crippen LogP contribution in [0.4, 0.5) is 18.9 Å². The molecule has 44 heavy (non-hydrogen) atoms. The van der Waals surface area contributed by atoms with Crippen molar-refractivity contribution in [3.8, 4) is 22.9 Å². The molecular weight excluding hydrogens is 573 g/mol. The van der Waals surface area contributed by atoms with Crippen molar-refractivity contribution in [2.24, 2.45) is 5.92 Å². The summed E-state index contributed by atoms with van der Waals surface area (Å²) < 4.78 is 53.7. The highest BCUT2D eigenvalue weighted by Crippen LogP contribution is 2.50. The Hall–Kier alpha value is -3.93. The first-order valence-electron chi connectivity index (χ1n) is 15.2. The molecule has 3 aliphatic heterocycles. The maximum Gasteiger partial charge on any atom is 0.422 e. The third-order valence-electron chi connectivity index (χ3n) is 9.43. The number of halogens is 3. The van der Waals surface area contributed by atoms with Gasteiger partial charge in [0, 0.05) is 43.8 Å². The zero-order chi connectivity index (χ0) is 31.1. The van der Waals surface area contributed by atoms with Gasteiger partial charge in [-0.3, -0.25) is 9.78 Å². The Morgan fingerprint density at radius 1 is 1.18 bits per heavy atom. The van der Waals surface area contributed by atoms with E-state index in [0.717, 1.165) is 24.7 Å². The van der Waals surface area contributed by atoms with Crippen LogP contribution in [0, 0.1) is 5.92 Å². The van der Waals surface area contributed by atoms with E-state index < -0.39 is 17.2 Å². The van der Waals surface area contributed by atoms with Gasteiger partial charge in [-0.2, -0.15) is 13.2 Å². The predicted molar refractivity (Wildman–Crippen MR) is 159 cm³/mol. The highest BCUT2D eigenvalue weighted by atomic mass is 19.4. The van der Waals surface area contributed by atoms with Gasteiger partial charge in [-0.05, 0) is 56.0 Å². The van der Waals surface area contributed by atoms with Crippen LogP contribution < -0.4 is 19.7 Å². The summed E-state index contributed by atoms with van der Waals surface area (Å²) in [7, 11) is 1.22. The highest BCUT2D eigenvalue weighted by molar-refractivity contribution is 5.96. The molecule has 3 aliphatic rings. The number of anilines is 1. The smallest absolute Gasteiger partial charge is 0.422 e. The summed E-state index contributed by atoms with van der Waals surface area (Å²) in [5.74, 6) is -0.0197. The standard InChI is InChI=1S/C32H37F3N6O3/c1-4-20-18-40(25-16-37-17-26(43-3)27(25)32(33,34)35)14-11-31(20)19-41(21-10-13-36-15-21)30(42)28-23(31)8-9-24(39-28)22-7-6-12-38-29(22)44-5-2/h6-9,12,16-17,20-21,36H,4-5,10-11,13-15,18-19H2,1-3H3. The van der Waals surface area contributed by atoms with Crippen LogP contribution in [-0.2, 0) is 11.6 Å². The fourth-order valence-electron chi connectivity index (χ4n) is 7.29. The maximum absolute atomic E-state index is 14.3. The number of alkyl halides is 3. The summed E-state index contributed by atoms with van der Waals surface area (Å²) in [6.07, 6.45) is 1.53. The molecule has 6 rings (SSSR count). The summed E-state index contributed by atoms with van der Waals surface area (Å²) in [5.41, 5.74) is 1.28. The monoisotopic (exact) mass is 610 g/mol. The quantitative estimate of drug-likeness (QED) is 0.402. The van der Waals surface area contributed by atoms with Gasteiger partial charge in [-0.1, -0.05) is 19.4 Å². The zero-order valence-corrected chi connectivity index (χ0v) is 25.2. The molecule has 2 fully saturated rings. The average Bonchev–Trinajstić information content (AvgIpc) is 3.57. The number of piperidine rings is 1. The Balaban J connectivity index is 1.44. The number of nitrogens with zero attached hydrogens (tertiary/aromatic N) is 5. The van der Waals surface area contributed by atoms with Gasteiger partial charge in [-0.15, -0.1) is 0 Å². The number of aromatic nitrogens is 3. The lowest BCUT2D eigenvalue weighted by molar-refractivity contribution is -0.138. The van der Waals surface area contributed by atoms with Gasteiger partial charge in [0.15, 0.2) is 5.75 Å². The lowest BCUT2D eigenvalue weighted by atomic mass is 9.62. The largest absolute Gasteiger partial charge is 0.494 e. The van der Waals surface area contributed by atoms with Crippen molar-refractivity contribution in [1.82, 2.24) is 25.2 Å². The minimum atomic E-state index is -4.61. The van der Waals surface area contributed by atoms with Crippen LogP contribution in [0.25, 0.3) is 11.3 Å². The number of carbonyl (C=O) groups excluding carboxylic acids is 1. The average molecular weight is 611 g/mol. The maximum atomic E-state index is 14.3. The molecule has 3 aromatic rings. The van der Waals surface area contributed by atoms with Crippen LogP contribution in [0.5, 0.6) is 11.6 Å². The van der Waals surface area contributed by atoms with Crippen molar-refractivity contribution in [2.45, 2.75) is 50.7 Å². The molecule has 1 N–H and O–H groups in total. The van der Waals surface area contributed by atoms with Gasteiger partial charge in [0.05, 0.1) is 43.1 Å². The van der Waals surface area contributed by atoms with E-state index in [2.05, 4.69) is 22.2 Å². The highest BCUT2D eigenvalue weighted by Gasteiger charge is 2.53. The zero-order valence-electron chi connectivity index (χ0n) is 25.2. The van der Waals surface area contributed by atoms with Crippen LogP contribution >= 0.6 is 0 Å². The molecule has 2 saturated heterocycles. The molecule has 6 heterocycles. The molecule has 0 bridgehead atoms. The second kappa shape index (κ2) is 11.9. The van der Waals surface area contributed by atoms with Gasteiger partial charge < -0.3 is 24.6 Å². The van der Waals surface area contributed by atoms with E-state index in [9.17, 15) is 18.0 Å². The molecule has 234 valence electrons. The number of rotatable bonds is 7. The number of nitrogens with one attached hydrogen (secondary N) is 1. The van der Waals surface area contributed by atoms with Crippen LogP contribution in [0.15, 0.2) is 42.9 Å². The van der Waals surface area contributed by atoms with Crippen LogP contribution in [0.1, 0.15) is 54.7 Å². The van der Waals surface area contributed by atoms with Crippen molar-refractivity contribution in [3.63, 3.8) is 0 Å². The third kappa shape index (κ3) is 5.12. The normalized spacial score (nSPS) is 23.6. The number of fused-ring (bicyclic) bond motifs is 2. The van der Waals surface area contributed by atoms with Crippen molar-refractivity contribution >= 4 is 11.6 Å². The van der Waals surface area contributed by atoms with Crippen LogP contribution in [0.3, 0.4) is 0 Å². The van der Waals surface area contributed by atoms with E-state index >= 15 is 0 Å². The van der Waals surface area contributed by atoms with Crippen LogP contribution in [0.2, 0.25) is 0 Å². The molecule has 3 atom stereocenters. The van der Waals surface area contributed by atoms with E-state index in [4.69, 9.17) is 14.5 Å². The van der Waals surface area contributed by atoms with Crippen molar-refractivity contribution in [1.29, 1.82) is 0 Å². The summed E-state index contributed by atoms with van der Waals surface area (Å²) in [6, 6.07) is 7.61. The summed E-state index contributed by atoms with van der Waals surface area (Å²) in [5, 5.41) is 3.38. The number of amides is 1. The molecule has 3 aromatic heterocycles. The first-order chi connectivity index (χ1) is 21.2. The van der Waals surface area contributed by atoms with E-state index in [0.29, 0.717) is 68.5 Å². The number of hydrogen-bond acceptors (Lipinski definition) is 8. The van der Waals surface area contributed by atoms with E-state index in [1.165, 1.54) is 13.3 Å². The number of methoxy groups -OCH3 is 1. The van der Waals surface area contributed by atoms with Gasteiger partial charge in [0.1, 0.15) is 11.3 Å². The fourth-order valence-corrected chi connectivity index (χ4v) is 7.29. The fraction of sp³-hybridized carbons (Fsp3) is 0.500. The Kier molecular flexibility index (Phi) is 8.12. The first kappa shape index (κ1) is 30.1. The van der Waals surface area contributed by atoms with Crippen molar-refractivity contribution in [3.05, 3.63) is 59.7 Å². The molecule has 3 unspecified atom stereocenters. The van der Waals surface area contributed by atoms with E-state index in [-0.39, 0.29) is 29.3 Å². The van der Waals surface area contributed by atoms with Crippen molar-refractivity contribution < 1.29 is 27.4 Å². The van der Waals surface area contributed by atoms with Crippen molar-refractivity contribution in [2.75, 3.05) is 51.3 Å². The molecule has 0 radical (unpaired) electrons. The van der Waals surface area contributed by atoms with Gasteiger partial charge >= 0.3 is 6.18 Å². The summed E-state index contributed by atoms with van der Waals surface area (Å²) in [4.78, 5) is 31.3. The molecule has 0 aromatic carbocycles. The lowest BCUT2D eigenvalue weighted by Crippen LogP contribution is -2.61. The van der Waals surface area contributed by atoms with E-state index in [1.54, 1.807) is 11.1 Å². The molecule has 1 spiro atoms. The second-order valence-electron chi connectivity index (χ2n) is 11.7. The molecule has 12 heteroatoms. The Morgan fingerprint density at radius 3 is 2.73 bits per heavy atom. The predicted octanol–water partition coefficient (Wildman–Crippen LogP) is 4.96. The molecule has 0 aliphatic carbocycles. The van der Waals surface area contributed by atoms with Gasteiger partial charge in [0.2, 0.25) is 5.88 Å². The Bertz CT molecular complexity index is 1530.